The average Bonchev–Trinajstić information content (AvgIpc) is 2.34. The number of sulfone groups is 1. The molecule has 106 valence electrons. The molecular weight excluding hydrogens is 273 g/mol. The van der Waals surface area contributed by atoms with Crippen LogP contribution in [0, 0.1) is 0 Å². The highest BCUT2D eigenvalue weighted by molar-refractivity contribution is 7.90. The molecule has 2 atom stereocenters. The van der Waals surface area contributed by atoms with Crippen LogP contribution in [0.4, 0.5) is 4.39 Å². The van der Waals surface area contributed by atoms with Crippen LogP contribution in [-0.4, -0.2) is 38.4 Å². The van der Waals surface area contributed by atoms with Gasteiger partial charge in [-0.1, -0.05) is 12.1 Å². The highest BCUT2D eigenvalue weighted by atomic mass is 32.2. The fourth-order valence-electron chi connectivity index (χ4n) is 1.61. The molecule has 0 fully saturated rings. The van der Waals surface area contributed by atoms with Crippen molar-refractivity contribution in [2.75, 3.05) is 12.9 Å². The quantitative estimate of drug-likeness (QED) is 0.831. The van der Waals surface area contributed by atoms with Gasteiger partial charge >= 0.3 is 0 Å². The van der Waals surface area contributed by atoms with E-state index in [0.717, 1.165) is 6.26 Å². The molecule has 1 amide bonds. The second kappa shape index (κ2) is 6.12. The number of benzene rings is 1. The smallest absolute Gasteiger partial charge is 0.217 e. The molecule has 1 rings (SSSR count). The maximum absolute atomic E-state index is 12.8. The van der Waals surface area contributed by atoms with E-state index in [1.165, 1.54) is 31.2 Å². The predicted octanol–water partition coefficient (Wildman–Crippen LogP) is 0.598. The highest BCUT2D eigenvalue weighted by Crippen LogP contribution is 2.19. The lowest BCUT2D eigenvalue weighted by molar-refractivity contribution is -0.120. The van der Waals surface area contributed by atoms with Crippen molar-refractivity contribution in [2.45, 2.75) is 24.0 Å². The van der Waals surface area contributed by atoms with Gasteiger partial charge in [0.15, 0.2) is 9.84 Å². The minimum atomic E-state index is -3.32. The number of carbonyl (C=O) groups excluding carboxylic acids is 1. The number of aliphatic hydroxyl groups excluding tert-OH is 1. The van der Waals surface area contributed by atoms with E-state index in [9.17, 15) is 22.7 Å². The van der Waals surface area contributed by atoms with Gasteiger partial charge in [0.25, 0.3) is 0 Å². The number of rotatable bonds is 5. The molecule has 5 nitrogen and oxygen atoms in total. The van der Waals surface area contributed by atoms with Crippen LogP contribution in [0.3, 0.4) is 0 Å². The van der Waals surface area contributed by atoms with Gasteiger partial charge in [0, 0.05) is 13.2 Å². The Balaban J connectivity index is 2.93. The van der Waals surface area contributed by atoms with E-state index < -0.39 is 34.6 Å². The SMILES string of the molecule is CC(=O)N[C@H](CF)[C@H](O)c1ccc(S(C)(=O)=O)cc1. The fourth-order valence-corrected chi connectivity index (χ4v) is 2.24. The standard InChI is InChI=1S/C12H16FNO4S/c1-8(15)14-11(7-13)12(16)9-3-5-10(6-4-9)19(2,17)18/h3-6,11-12,16H,7H2,1-2H3,(H,14,15)/t11-,12-/m1/s1. The summed E-state index contributed by atoms with van der Waals surface area (Å²) in [4.78, 5) is 11.0. The van der Waals surface area contributed by atoms with Crippen molar-refractivity contribution in [3.05, 3.63) is 29.8 Å². The third kappa shape index (κ3) is 4.29. The summed E-state index contributed by atoms with van der Waals surface area (Å²) in [5.74, 6) is -0.450. The molecule has 0 aliphatic rings. The molecule has 0 saturated carbocycles. The van der Waals surface area contributed by atoms with Crippen molar-refractivity contribution in [3.8, 4) is 0 Å². The van der Waals surface area contributed by atoms with Gasteiger partial charge in [-0.05, 0) is 17.7 Å². The zero-order valence-corrected chi connectivity index (χ0v) is 11.4. The molecule has 1 aromatic carbocycles. The summed E-state index contributed by atoms with van der Waals surface area (Å²) in [7, 11) is -3.32. The van der Waals surface area contributed by atoms with E-state index in [1.807, 2.05) is 0 Å². The van der Waals surface area contributed by atoms with Crippen LogP contribution >= 0.6 is 0 Å². The summed E-state index contributed by atoms with van der Waals surface area (Å²) in [6.07, 6.45) is -0.164. The first-order valence-electron chi connectivity index (χ1n) is 5.57. The molecule has 0 unspecified atom stereocenters. The van der Waals surface area contributed by atoms with E-state index >= 15 is 0 Å². The molecule has 1 aromatic rings. The topological polar surface area (TPSA) is 83.5 Å². The van der Waals surface area contributed by atoms with Crippen LogP contribution < -0.4 is 5.32 Å². The summed E-state index contributed by atoms with van der Waals surface area (Å²) in [5.41, 5.74) is 0.337. The maximum atomic E-state index is 12.8. The van der Waals surface area contributed by atoms with E-state index in [4.69, 9.17) is 0 Å². The fraction of sp³-hybridized carbons (Fsp3) is 0.417. The Morgan fingerprint density at radius 2 is 1.89 bits per heavy atom. The second-order valence-electron chi connectivity index (χ2n) is 4.25. The Morgan fingerprint density at radius 3 is 2.26 bits per heavy atom. The molecule has 19 heavy (non-hydrogen) atoms. The second-order valence-corrected chi connectivity index (χ2v) is 6.26. The predicted molar refractivity (Wildman–Crippen MR) is 68.1 cm³/mol. The number of halogens is 1. The van der Waals surface area contributed by atoms with Gasteiger partial charge < -0.3 is 10.4 Å². The summed E-state index contributed by atoms with van der Waals surface area (Å²) in [6.45, 7) is 0.302. The number of nitrogens with one attached hydrogen (secondary N) is 1. The van der Waals surface area contributed by atoms with Gasteiger partial charge in [0.1, 0.15) is 12.8 Å². The van der Waals surface area contributed by atoms with Crippen LogP contribution in [0.5, 0.6) is 0 Å². The van der Waals surface area contributed by atoms with Gasteiger partial charge in [-0.15, -0.1) is 0 Å². The van der Waals surface area contributed by atoms with Crippen LogP contribution in [0.15, 0.2) is 29.2 Å². The molecule has 0 radical (unpaired) electrons. The van der Waals surface area contributed by atoms with E-state index in [0.29, 0.717) is 5.56 Å². The van der Waals surface area contributed by atoms with E-state index in [-0.39, 0.29) is 4.90 Å². The lowest BCUT2D eigenvalue weighted by Crippen LogP contribution is -2.39. The first-order valence-corrected chi connectivity index (χ1v) is 7.46. The van der Waals surface area contributed by atoms with Crippen molar-refractivity contribution in [1.82, 2.24) is 5.32 Å². The Hall–Kier alpha value is -1.47. The van der Waals surface area contributed by atoms with Crippen molar-refractivity contribution in [2.24, 2.45) is 0 Å². The van der Waals surface area contributed by atoms with Crippen LogP contribution in [-0.2, 0) is 14.6 Å². The number of hydrogen-bond donors (Lipinski definition) is 2. The Labute approximate surface area is 111 Å². The zero-order valence-electron chi connectivity index (χ0n) is 10.6. The van der Waals surface area contributed by atoms with Crippen LogP contribution in [0.2, 0.25) is 0 Å². The average molecular weight is 289 g/mol. The summed E-state index contributed by atoms with van der Waals surface area (Å²) in [5, 5.41) is 12.2. The molecular formula is C12H16FNO4S. The maximum Gasteiger partial charge on any atom is 0.217 e. The molecule has 2 N–H and O–H groups in total. The third-order valence-electron chi connectivity index (χ3n) is 2.59. The van der Waals surface area contributed by atoms with Gasteiger partial charge in [-0.3, -0.25) is 4.79 Å². The normalized spacial score (nSPS) is 14.7. The molecule has 7 heteroatoms. The van der Waals surface area contributed by atoms with Gasteiger partial charge in [-0.25, -0.2) is 12.8 Å². The van der Waals surface area contributed by atoms with Gasteiger partial charge in [0.2, 0.25) is 5.91 Å². The Kier molecular flexibility index (Phi) is 5.02. The molecule has 0 saturated heterocycles. The minimum absolute atomic E-state index is 0.111. The lowest BCUT2D eigenvalue weighted by Gasteiger charge is -2.21. The summed E-state index contributed by atoms with van der Waals surface area (Å²) < 4.78 is 35.3. The number of alkyl halides is 1. The number of hydrogen-bond acceptors (Lipinski definition) is 4. The number of amides is 1. The van der Waals surface area contributed by atoms with Gasteiger partial charge in [-0.2, -0.15) is 0 Å². The molecule has 0 aliphatic carbocycles. The van der Waals surface area contributed by atoms with Crippen LogP contribution in [0.25, 0.3) is 0 Å². The summed E-state index contributed by atoms with van der Waals surface area (Å²) in [6, 6.07) is 4.40. The van der Waals surface area contributed by atoms with E-state index in [1.54, 1.807) is 0 Å². The lowest BCUT2D eigenvalue weighted by atomic mass is 10.0. The zero-order chi connectivity index (χ0) is 14.6. The molecule has 0 aromatic heterocycles. The highest BCUT2D eigenvalue weighted by Gasteiger charge is 2.22. The molecule has 0 bridgehead atoms. The van der Waals surface area contributed by atoms with Gasteiger partial charge in [0.05, 0.1) is 10.9 Å². The van der Waals surface area contributed by atoms with E-state index in [2.05, 4.69) is 5.32 Å². The number of aliphatic hydroxyl groups is 1. The van der Waals surface area contributed by atoms with Crippen molar-refractivity contribution in [3.63, 3.8) is 0 Å². The first kappa shape index (κ1) is 15.6. The Morgan fingerprint density at radius 1 is 1.37 bits per heavy atom. The molecule has 0 heterocycles. The molecule has 0 aliphatic heterocycles. The first-order chi connectivity index (χ1) is 8.75. The van der Waals surface area contributed by atoms with Crippen molar-refractivity contribution >= 4 is 15.7 Å². The monoisotopic (exact) mass is 289 g/mol. The molecule has 0 spiro atoms. The largest absolute Gasteiger partial charge is 0.386 e. The summed E-state index contributed by atoms with van der Waals surface area (Å²) >= 11 is 0. The third-order valence-corrected chi connectivity index (χ3v) is 3.71. The Bertz CT molecular complexity index is 541. The minimum Gasteiger partial charge on any atom is -0.386 e. The number of carbonyl (C=O) groups is 1. The van der Waals surface area contributed by atoms with Crippen molar-refractivity contribution in [1.29, 1.82) is 0 Å². The van der Waals surface area contributed by atoms with Crippen molar-refractivity contribution < 1.29 is 22.7 Å². The van der Waals surface area contributed by atoms with Crippen LogP contribution in [0.1, 0.15) is 18.6 Å².